The second-order valence-electron chi connectivity index (χ2n) is 5.65. The van der Waals surface area contributed by atoms with Crippen molar-refractivity contribution in [2.45, 2.75) is 0 Å². The number of hydrogen-bond donors (Lipinski definition) is 2. The lowest BCUT2D eigenvalue weighted by Gasteiger charge is -2.30. The Morgan fingerprint density at radius 3 is 2.27 bits per heavy atom. The summed E-state index contributed by atoms with van der Waals surface area (Å²) in [4.78, 5) is 26.2. The molecular formula is C18H17F2N3O3. The van der Waals surface area contributed by atoms with Gasteiger partial charge in [-0.15, -0.1) is 0 Å². The van der Waals surface area contributed by atoms with Crippen LogP contribution in [0.2, 0.25) is 0 Å². The fourth-order valence-electron chi connectivity index (χ4n) is 2.61. The molecule has 6 nitrogen and oxygen atoms in total. The average Bonchev–Trinajstić information content (AvgIpc) is 2.65. The Bertz CT molecular complexity index is 823. The van der Waals surface area contributed by atoms with Crippen LogP contribution in [0.15, 0.2) is 42.5 Å². The molecule has 136 valence electrons. The van der Waals surface area contributed by atoms with Crippen LogP contribution in [0.1, 0.15) is 0 Å². The summed E-state index contributed by atoms with van der Waals surface area (Å²) in [5.74, 6) is -3.73. The molecule has 0 spiro atoms. The third kappa shape index (κ3) is 4.15. The van der Waals surface area contributed by atoms with Gasteiger partial charge in [0.05, 0.1) is 30.3 Å². The zero-order valence-corrected chi connectivity index (χ0v) is 13.8. The first-order valence-electron chi connectivity index (χ1n) is 8.04. The summed E-state index contributed by atoms with van der Waals surface area (Å²) < 4.78 is 31.8. The first kappa shape index (κ1) is 17.8. The van der Waals surface area contributed by atoms with E-state index in [0.29, 0.717) is 38.1 Å². The number of carbonyl (C=O) groups excluding carboxylic acids is 2. The molecule has 1 heterocycles. The molecule has 2 N–H and O–H groups in total. The van der Waals surface area contributed by atoms with E-state index in [1.165, 1.54) is 0 Å². The monoisotopic (exact) mass is 361 g/mol. The minimum absolute atomic E-state index is 0.270. The van der Waals surface area contributed by atoms with Gasteiger partial charge < -0.3 is 20.3 Å². The van der Waals surface area contributed by atoms with Crippen LogP contribution in [0, 0.1) is 11.6 Å². The Balaban J connectivity index is 1.70. The van der Waals surface area contributed by atoms with Crippen molar-refractivity contribution < 1.29 is 23.1 Å². The molecule has 3 rings (SSSR count). The van der Waals surface area contributed by atoms with Gasteiger partial charge in [0.15, 0.2) is 0 Å². The molecule has 8 heteroatoms. The van der Waals surface area contributed by atoms with Gasteiger partial charge in [0.25, 0.3) is 0 Å². The Hall–Kier alpha value is -3.00. The lowest BCUT2D eigenvalue weighted by atomic mass is 10.2. The first-order chi connectivity index (χ1) is 12.5. The molecule has 1 aliphatic rings. The normalized spacial score (nSPS) is 14.0. The van der Waals surface area contributed by atoms with Crippen LogP contribution in [-0.2, 0) is 14.3 Å². The zero-order chi connectivity index (χ0) is 18.5. The molecule has 2 amide bonds. The van der Waals surface area contributed by atoms with Gasteiger partial charge >= 0.3 is 11.8 Å². The molecule has 0 atom stereocenters. The van der Waals surface area contributed by atoms with Crippen LogP contribution < -0.4 is 15.5 Å². The Kier molecular flexibility index (Phi) is 5.43. The molecule has 2 aromatic carbocycles. The standard InChI is InChI=1S/C18H17F2N3O3/c19-12-5-6-14(13(20)11-12)21-17(24)18(25)22-15-3-1-2-4-16(15)23-7-9-26-10-8-23/h1-6,11H,7-10H2,(H,21,24)(H,22,25). The Morgan fingerprint density at radius 2 is 1.58 bits per heavy atom. The van der Waals surface area contributed by atoms with E-state index in [2.05, 4.69) is 10.6 Å². The Morgan fingerprint density at radius 1 is 0.923 bits per heavy atom. The number of nitrogens with zero attached hydrogens (tertiary/aromatic N) is 1. The van der Waals surface area contributed by atoms with Gasteiger partial charge in [-0.05, 0) is 24.3 Å². The molecule has 26 heavy (non-hydrogen) atoms. The van der Waals surface area contributed by atoms with Crippen molar-refractivity contribution in [1.29, 1.82) is 0 Å². The first-order valence-corrected chi connectivity index (χ1v) is 8.04. The highest BCUT2D eigenvalue weighted by Crippen LogP contribution is 2.26. The van der Waals surface area contributed by atoms with E-state index in [0.717, 1.165) is 17.8 Å². The van der Waals surface area contributed by atoms with Crippen molar-refractivity contribution in [2.24, 2.45) is 0 Å². The molecule has 1 saturated heterocycles. The van der Waals surface area contributed by atoms with Crippen molar-refractivity contribution in [3.05, 3.63) is 54.1 Å². The number of nitrogens with one attached hydrogen (secondary N) is 2. The number of benzene rings is 2. The van der Waals surface area contributed by atoms with E-state index < -0.39 is 23.4 Å². The summed E-state index contributed by atoms with van der Waals surface area (Å²) in [7, 11) is 0. The molecule has 1 fully saturated rings. The summed E-state index contributed by atoms with van der Waals surface area (Å²) in [5.41, 5.74) is 0.965. The maximum Gasteiger partial charge on any atom is 0.314 e. The Labute approximate surface area is 148 Å². The van der Waals surface area contributed by atoms with Crippen LogP contribution in [0.3, 0.4) is 0 Å². The van der Waals surface area contributed by atoms with Gasteiger partial charge in [-0.25, -0.2) is 8.78 Å². The zero-order valence-electron chi connectivity index (χ0n) is 13.8. The van der Waals surface area contributed by atoms with Gasteiger partial charge in [-0.1, -0.05) is 12.1 Å². The third-order valence-electron chi connectivity index (χ3n) is 3.89. The second kappa shape index (κ2) is 7.92. The van der Waals surface area contributed by atoms with Crippen LogP contribution in [-0.4, -0.2) is 38.1 Å². The molecule has 2 aromatic rings. The molecular weight excluding hydrogens is 344 g/mol. The average molecular weight is 361 g/mol. The predicted octanol–water partition coefficient (Wildman–Crippen LogP) is 2.38. The molecule has 0 saturated carbocycles. The molecule has 0 radical (unpaired) electrons. The minimum atomic E-state index is -1.05. The molecule has 0 unspecified atom stereocenters. The number of para-hydroxylation sites is 2. The number of anilines is 3. The topological polar surface area (TPSA) is 70.7 Å². The number of hydrogen-bond acceptors (Lipinski definition) is 4. The van der Waals surface area contributed by atoms with Gasteiger partial charge in [0.1, 0.15) is 11.6 Å². The van der Waals surface area contributed by atoms with Gasteiger partial charge in [0, 0.05) is 19.2 Å². The fraction of sp³-hybridized carbons (Fsp3) is 0.222. The van der Waals surface area contributed by atoms with Crippen molar-refractivity contribution in [2.75, 3.05) is 41.8 Å². The smallest absolute Gasteiger partial charge is 0.314 e. The third-order valence-corrected chi connectivity index (χ3v) is 3.89. The molecule has 1 aliphatic heterocycles. The maximum absolute atomic E-state index is 13.6. The highest BCUT2D eigenvalue weighted by atomic mass is 19.1. The number of halogens is 2. The SMILES string of the molecule is O=C(Nc1ccc(F)cc1F)C(=O)Nc1ccccc1N1CCOCC1. The summed E-state index contributed by atoms with van der Waals surface area (Å²) in [6.07, 6.45) is 0. The van der Waals surface area contributed by atoms with E-state index in [-0.39, 0.29) is 5.69 Å². The van der Waals surface area contributed by atoms with Crippen molar-refractivity contribution in [3.63, 3.8) is 0 Å². The molecule has 0 bridgehead atoms. The quantitative estimate of drug-likeness (QED) is 0.824. The number of ether oxygens (including phenoxy) is 1. The predicted molar refractivity (Wildman–Crippen MR) is 93.1 cm³/mol. The summed E-state index contributed by atoms with van der Waals surface area (Å²) >= 11 is 0. The maximum atomic E-state index is 13.6. The fourth-order valence-corrected chi connectivity index (χ4v) is 2.61. The lowest BCUT2D eigenvalue weighted by molar-refractivity contribution is -0.133. The van der Waals surface area contributed by atoms with Gasteiger partial charge in [-0.2, -0.15) is 0 Å². The van der Waals surface area contributed by atoms with Gasteiger partial charge in [0.2, 0.25) is 0 Å². The van der Waals surface area contributed by atoms with Gasteiger partial charge in [-0.3, -0.25) is 9.59 Å². The summed E-state index contributed by atoms with van der Waals surface area (Å²) in [5, 5.41) is 4.66. The van der Waals surface area contributed by atoms with Crippen molar-refractivity contribution in [3.8, 4) is 0 Å². The lowest BCUT2D eigenvalue weighted by Crippen LogP contribution is -2.37. The van der Waals surface area contributed by atoms with Crippen LogP contribution in [0.4, 0.5) is 25.8 Å². The second-order valence-corrected chi connectivity index (χ2v) is 5.65. The number of morpholine rings is 1. The highest BCUT2D eigenvalue weighted by molar-refractivity contribution is 6.43. The summed E-state index contributed by atoms with van der Waals surface area (Å²) in [6, 6.07) is 9.74. The van der Waals surface area contributed by atoms with E-state index >= 15 is 0 Å². The number of carbonyl (C=O) groups is 2. The summed E-state index contributed by atoms with van der Waals surface area (Å²) in [6.45, 7) is 2.49. The van der Waals surface area contributed by atoms with Crippen LogP contribution in [0.25, 0.3) is 0 Å². The van der Waals surface area contributed by atoms with E-state index in [1.54, 1.807) is 12.1 Å². The van der Waals surface area contributed by atoms with E-state index in [4.69, 9.17) is 4.74 Å². The molecule has 0 aliphatic carbocycles. The van der Waals surface area contributed by atoms with Crippen LogP contribution in [0.5, 0.6) is 0 Å². The largest absolute Gasteiger partial charge is 0.378 e. The molecule has 0 aromatic heterocycles. The van der Waals surface area contributed by atoms with Crippen molar-refractivity contribution >= 4 is 28.9 Å². The van der Waals surface area contributed by atoms with E-state index in [1.807, 2.05) is 17.0 Å². The number of rotatable bonds is 3. The van der Waals surface area contributed by atoms with E-state index in [9.17, 15) is 18.4 Å². The highest BCUT2D eigenvalue weighted by Gasteiger charge is 2.20. The number of amides is 2. The van der Waals surface area contributed by atoms with Crippen molar-refractivity contribution in [1.82, 2.24) is 0 Å². The van der Waals surface area contributed by atoms with Crippen LogP contribution >= 0.6 is 0 Å². The minimum Gasteiger partial charge on any atom is -0.378 e.